The first-order valence-electron chi connectivity index (χ1n) is 6.66. The lowest BCUT2D eigenvalue weighted by Gasteiger charge is -2.12. The summed E-state index contributed by atoms with van der Waals surface area (Å²) < 4.78 is 0. The van der Waals surface area contributed by atoms with Gasteiger partial charge in [0.25, 0.3) is 0 Å². The van der Waals surface area contributed by atoms with Gasteiger partial charge in [-0.25, -0.2) is 9.59 Å². The molecule has 22 heavy (non-hydrogen) atoms. The van der Waals surface area contributed by atoms with Gasteiger partial charge in [-0.05, 0) is 54.5 Å². The SMILES string of the molecule is CSc1cccc(Cc2ccc(C(=O)O)cc2C(=O)O)c1C. The summed E-state index contributed by atoms with van der Waals surface area (Å²) in [7, 11) is 0. The van der Waals surface area contributed by atoms with E-state index < -0.39 is 11.9 Å². The van der Waals surface area contributed by atoms with Crippen molar-refractivity contribution in [3.63, 3.8) is 0 Å². The summed E-state index contributed by atoms with van der Waals surface area (Å²) in [5.74, 6) is -2.24. The van der Waals surface area contributed by atoms with Gasteiger partial charge in [-0.1, -0.05) is 18.2 Å². The molecule has 0 atom stereocenters. The Morgan fingerprint density at radius 3 is 2.36 bits per heavy atom. The van der Waals surface area contributed by atoms with Gasteiger partial charge in [-0.2, -0.15) is 0 Å². The summed E-state index contributed by atoms with van der Waals surface area (Å²) in [6.07, 6.45) is 2.46. The van der Waals surface area contributed by atoms with Crippen LogP contribution in [0.15, 0.2) is 41.3 Å². The van der Waals surface area contributed by atoms with Crippen molar-refractivity contribution in [1.29, 1.82) is 0 Å². The van der Waals surface area contributed by atoms with Crippen LogP contribution in [0.2, 0.25) is 0 Å². The van der Waals surface area contributed by atoms with E-state index in [1.807, 2.05) is 31.4 Å². The monoisotopic (exact) mass is 316 g/mol. The fraction of sp³-hybridized carbons (Fsp3) is 0.176. The van der Waals surface area contributed by atoms with Crippen LogP contribution in [0.3, 0.4) is 0 Å². The largest absolute Gasteiger partial charge is 0.478 e. The van der Waals surface area contributed by atoms with E-state index in [2.05, 4.69) is 0 Å². The summed E-state index contributed by atoms with van der Waals surface area (Å²) in [4.78, 5) is 23.5. The molecule has 0 bridgehead atoms. The van der Waals surface area contributed by atoms with Gasteiger partial charge in [0.1, 0.15) is 0 Å². The molecule has 2 N–H and O–H groups in total. The van der Waals surface area contributed by atoms with E-state index in [1.165, 1.54) is 12.1 Å². The lowest BCUT2D eigenvalue weighted by Crippen LogP contribution is -2.07. The Labute approximate surface area is 132 Å². The molecule has 0 spiro atoms. The van der Waals surface area contributed by atoms with Crippen molar-refractivity contribution in [2.75, 3.05) is 6.26 Å². The van der Waals surface area contributed by atoms with Crippen LogP contribution in [0.25, 0.3) is 0 Å². The summed E-state index contributed by atoms with van der Waals surface area (Å²) in [6.45, 7) is 2.01. The average molecular weight is 316 g/mol. The van der Waals surface area contributed by atoms with Crippen molar-refractivity contribution in [2.24, 2.45) is 0 Å². The van der Waals surface area contributed by atoms with Crippen molar-refractivity contribution in [3.05, 3.63) is 64.2 Å². The van der Waals surface area contributed by atoms with Crippen LogP contribution in [-0.2, 0) is 6.42 Å². The van der Waals surface area contributed by atoms with E-state index in [1.54, 1.807) is 17.8 Å². The molecule has 0 aliphatic rings. The Bertz CT molecular complexity index is 737. The molecule has 4 nitrogen and oxygen atoms in total. The van der Waals surface area contributed by atoms with Gasteiger partial charge in [-0.3, -0.25) is 0 Å². The molecule has 5 heteroatoms. The van der Waals surface area contributed by atoms with Crippen molar-refractivity contribution < 1.29 is 19.8 Å². The third kappa shape index (κ3) is 3.31. The summed E-state index contributed by atoms with van der Waals surface area (Å²) in [5, 5.41) is 18.3. The van der Waals surface area contributed by atoms with Crippen LogP contribution in [0, 0.1) is 6.92 Å². The fourth-order valence-corrected chi connectivity index (χ4v) is 2.99. The number of thioether (sulfide) groups is 1. The number of hydrogen-bond donors (Lipinski definition) is 2. The molecular formula is C17H16O4S. The number of rotatable bonds is 5. The van der Waals surface area contributed by atoms with E-state index in [9.17, 15) is 14.7 Å². The van der Waals surface area contributed by atoms with E-state index in [0.717, 1.165) is 16.0 Å². The average Bonchev–Trinajstić information content (AvgIpc) is 2.49. The minimum absolute atomic E-state index is 0.0178. The zero-order valence-corrected chi connectivity index (χ0v) is 13.1. The predicted molar refractivity (Wildman–Crippen MR) is 86.1 cm³/mol. The van der Waals surface area contributed by atoms with Gasteiger partial charge in [-0.15, -0.1) is 11.8 Å². The third-order valence-electron chi connectivity index (χ3n) is 3.58. The molecule has 0 aliphatic carbocycles. The highest BCUT2D eigenvalue weighted by Gasteiger charge is 2.15. The van der Waals surface area contributed by atoms with Crippen LogP contribution in [-0.4, -0.2) is 28.4 Å². The van der Waals surface area contributed by atoms with Crippen LogP contribution < -0.4 is 0 Å². The van der Waals surface area contributed by atoms with Crippen LogP contribution in [0.5, 0.6) is 0 Å². The van der Waals surface area contributed by atoms with Crippen LogP contribution >= 0.6 is 11.8 Å². The first kappa shape index (κ1) is 16.1. The fourth-order valence-electron chi connectivity index (χ4n) is 2.34. The van der Waals surface area contributed by atoms with E-state index in [0.29, 0.717) is 12.0 Å². The zero-order valence-electron chi connectivity index (χ0n) is 12.3. The summed E-state index contributed by atoms with van der Waals surface area (Å²) in [5.41, 5.74) is 2.79. The Morgan fingerprint density at radius 2 is 1.77 bits per heavy atom. The first-order chi connectivity index (χ1) is 10.4. The van der Waals surface area contributed by atoms with Gasteiger partial charge in [0.05, 0.1) is 11.1 Å². The lowest BCUT2D eigenvalue weighted by atomic mass is 9.95. The van der Waals surface area contributed by atoms with Crippen LogP contribution in [0.1, 0.15) is 37.4 Å². The standard InChI is InChI=1S/C17H16O4S/c1-10-11(4-3-5-15(10)22-2)8-12-6-7-13(16(18)19)9-14(12)17(20)21/h3-7,9H,8H2,1-2H3,(H,18,19)(H,20,21). The van der Waals surface area contributed by atoms with E-state index >= 15 is 0 Å². The molecule has 0 saturated heterocycles. The highest BCUT2D eigenvalue weighted by Crippen LogP contribution is 2.25. The molecule has 0 fully saturated rings. The zero-order chi connectivity index (χ0) is 16.3. The van der Waals surface area contributed by atoms with Crippen molar-refractivity contribution in [3.8, 4) is 0 Å². The molecule has 0 aromatic heterocycles. The predicted octanol–water partition coefficient (Wildman–Crippen LogP) is 3.70. The van der Waals surface area contributed by atoms with Crippen LogP contribution in [0.4, 0.5) is 0 Å². The second-order valence-corrected chi connectivity index (χ2v) is 5.75. The Morgan fingerprint density at radius 1 is 1.05 bits per heavy atom. The highest BCUT2D eigenvalue weighted by molar-refractivity contribution is 7.98. The molecule has 2 aromatic rings. The third-order valence-corrected chi connectivity index (χ3v) is 4.47. The van der Waals surface area contributed by atoms with Gasteiger partial charge < -0.3 is 10.2 Å². The maximum Gasteiger partial charge on any atom is 0.336 e. The number of aromatic carboxylic acids is 2. The highest BCUT2D eigenvalue weighted by atomic mass is 32.2. The second-order valence-electron chi connectivity index (χ2n) is 4.90. The molecule has 0 saturated carbocycles. The molecule has 0 unspecified atom stereocenters. The molecule has 114 valence electrons. The maximum atomic E-state index is 11.4. The van der Waals surface area contributed by atoms with Gasteiger partial charge >= 0.3 is 11.9 Å². The van der Waals surface area contributed by atoms with Gasteiger partial charge in [0.15, 0.2) is 0 Å². The number of carboxylic acids is 2. The quantitative estimate of drug-likeness (QED) is 0.823. The lowest BCUT2D eigenvalue weighted by molar-refractivity contribution is 0.0695. The number of carboxylic acid groups (broad SMARTS) is 2. The smallest absolute Gasteiger partial charge is 0.336 e. The molecule has 0 radical (unpaired) electrons. The minimum Gasteiger partial charge on any atom is -0.478 e. The number of benzene rings is 2. The van der Waals surface area contributed by atoms with Gasteiger partial charge in [0.2, 0.25) is 0 Å². The van der Waals surface area contributed by atoms with E-state index in [4.69, 9.17) is 5.11 Å². The Hall–Kier alpha value is -2.27. The minimum atomic E-state index is -1.13. The van der Waals surface area contributed by atoms with E-state index in [-0.39, 0.29) is 11.1 Å². The summed E-state index contributed by atoms with van der Waals surface area (Å²) >= 11 is 1.64. The molecule has 2 rings (SSSR count). The Kier molecular flexibility index (Phi) is 4.88. The number of carbonyl (C=O) groups is 2. The topological polar surface area (TPSA) is 74.6 Å². The normalized spacial score (nSPS) is 10.5. The molecule has 0 amide bonds. The molecule has 0 aliphatic heterocycles. The van der Waals surface area contributed by atoms with Crippen molar-refractivity contribution in [1.82, 2.24) is 0 Å². The number of hydrogen-bond acceptors (Lipinski definition) is 3. The summed E-state index contributed by atoms with van der Waals surface area (Å²) in [6, 6.07) is 10.2. The van der Waals surface area contributed by atoms with Gasteiger partial charge in [0, 0.05) is 4.90 Å². The van der Waals surface area contributed by atoms with Crippen molar-refractivity contribution in [2.45, 2.75) is 18.2 Å². The first-order valence-corrected chi connectivity index (χ1v) is 7.88. The Balaban J connectivity index is 2.45. The molecular weight excluding hydrogens is 300 g/mol. The molecule has 0 heterocycles. The maximum absolute atomic E-state index is 11.4. The van der Waals surface area contributed by atoms with Crippen molar-refractivity contribution >= 4 is 23.7 Å². The second kappa shape index (κ2) is 6.66. The molecule has 2 aromatic carbocycles.